The van der Waals surface area contributed by atoms with Crippen LogP contribution in [0.1, 0.15) is 36.0 Å². The van der Waals surface area contributed by atoms with Crippen LogP contribution in [-0.2, 0) is 16.8 Å². The Balaban J connectivity index is 2.03. The highest BCUT2D eigenvalue weighted by Crippen LogP contribution is 2.45. The van der Waals surface area contributed by atoms with E-state index in [1.165, 1.54) is 16.7 Å². The molecule has 2 heteroatoms. The Morgan fingerprint density at radius 3 is 3.12 bits per heavy atom. The SMILES string of the molecule is Cc1ccc2c(c1)C1(CC2)CC(O)CCO1. The molecule has 2 aliphatic rings. The maximum atomic E-state index is 9.85. The predicted molar refractivity (Wildman–Crippen MR) is 62.4 cm³/mol. The number of hydrogen-bond acceptors (Lipinski definition) is 2. The number of benzene rings is 1. The molecule has 1 saturated heterocycles. The van der Waals surface area contributed by atoms with E-state index >= 15 is 0 Å². The van der Waals surface area contributed by atoms with Gasteiger partial charge in [0, 0.05) is 6.42 Å². The summed E-state index contributed by atoms with van der Waals surface area (Å²) in [6.07, 6.45) is 3.47. The molecular formula is C14H18O2. The Hall–Kier alpha value is -0.860. The average molecular weight is 218 g/mol. The van der Waals surface area contributed by atoms with E-state index in [0.717, 1.165) is 25.7 Å². The molecule has 1 spiro atoms. The molecule has 0 aromatic heterocycles. The molecule has 1 aromatic rings. The first-order valence-electron chi connectivity index (χ1n) is 6.12. The van der Waals surface area contributed by atoms with Gasteiger partial charge in [-0.1, -0.05) is 23.8 Å². The van der Waals surface area contributed by atoms with Gasteiger partial charge in [0.15, 0.2) is 0 Å². The molecule has 1 aliphatic heterocycles. The third kappa shape index (κ3) is 1.48. The van der Waals surface area contributed by atoms with Crippen LogP contribution in [0.4, 0.5) is 0 Å². The van der Waals surface area contributed by atoms with Crippen LogP contribution < -0.4 is 0 Å². The van der Waals surface area contributed by atoms with E-state index in [9.17, 15) is 5.11 Å². The second-order valence-electron chi connectivity index (χ2n) is 5.15. The molecule has 1 heterocycles. The standard InChI is InChI=1S/C14H18O2/c1-10-2-3-11-4-6-14(13(11)8-10)9-12(15)5-7-16-14/h2-3,8,12,15H,4-7,9H2,1H3. The zero-order valence-corrected chi connectivity index (χ0v) is 9.70. The summed E-state index contributed by atoms with van der Waals surface area (Å²) in [5.41, 5.74) is 3.83. The number of aliphatic hydroxyl groups is 1. The third-order valence-electron chi connectivity index (χ3n) is 3.95. The number of ether oxygens (including phenoxy) is 1. The van der Waals surface area contributed by atoms with Gasteiger partial charge in [0.05, 0.1) is 18.3 Å². The summed E-state index contributed by atoms with van der Waals surface area (Å²) in [6, 6.07) is 6.61. The normalized spacial score (nSPS) is 33.0. The maximum absolute atomic E-state index is 9.85. The van der Waals surface area contributed by atoms with Crippen LogP contribution in [0.15, 0.2) is 18.2 Å². The molecule has 0 radical (unpaired) electrons. The first-order valence-corrected chi connectivity index (χ1v) is 6.12. The van der Waals surface area contributed by atoms with Crippen LogP contribution in [0.25, 0.3) is 0 Å². The summed E-state index contributed by atoms with van der Waals surface area (Å²) in [5, 5.41) is 9.85. The predicted octanol–water partition coefficient (Wildman–Crippen LogP) is 2.31. The molecule has 0 saturated carbocycles. The number of rotatable bonds is 0. The van der Waals surface area contributed by atoms with Crippen LogP contribution in [-0.4, -0.2) is 17.8 Å². The van der Waals surface area contributed by atoms with Gasteiger partial charge in [0.2, 0.25) is 0 Å². The fraction of sp³-hybridized carbons (Fsp3) is 0.571. The smallest absolute Gasteiger partial charge is 0.0961 e. The fourth-order valence-corrected chi connectivity index (χ4v) is 3.10. The molecule has 3 rings (SSSR count). The summed E-state index contributed by atoms with van der Waals surface area (Å²) in [5.74, 6) is 0. The van der Waals surface area contributed by atoms with Crippen molar-refractivity contribution in [2.75, 3.05) is 6.61 Å². The highest BCUT2D eigenvalue weighted by molar-refractivity contribution is 5.40. The summed E-state index contributed by atoms with van der Waals surface area (Å²) in [4.78, 5) is 0. The summed E-state index contributed by atoms with van der Waals surface area (Å²) >= 11 is 0. The second-order valence-corrected chi connectivity index (χ2v) is 5.15. The van der Waals surface area contributed by atoms with Gasteiger partial charge >= 0.3 is 0 Å². The molecule has 2 atom stereocenters. The first-order chi connectivity index (χ1) is 7.70. The monoisotopic (exact) mass is 218 g/mol. The Kier molecular flexibility index (Phi) is 2.30. The van der Waals surface area contributed by atoms with E-state index in [1.807, 2.05) is 0 Å². The molecule has 0 amide bonds. The van der Waals surface area contributed by atoms with E-state index < -0.39 is 0 Å². The summed E-state index contributed by atoms with van der Waals surface area (Å²) in [7, 11) is 0. The van der Waals surface area contributed by atoms with Crippen molar-refractivity contribution in [3.8, 4) is 0 Å². The van der Waals surface area contributed by atoms with Gasteiger partial charge in [-0.25, -0.2) is 0 Å². The minimum atomic E-state index is -0.194. The summed E-state index contributed by atoms with van der Waals surface area (Å²) in [6.45, 7) is 2.81. The van der Waals surface area contributed by atoms with Crippen LogP contribution >= 0.6 is 0 Å². The highest BCUT2D eigenvalue weighted by atomic mass is 16.5. The zero-order chi connectivity index (χ0) is 11.2. The van der Waals surface area contributed by atoms with Gasteiger partial charge in [-0.15, -0.1) is 0 Å². The quantitative estimate of drug-likeness (QED) is 0.724. The van der Waals surface area contributed by atoms with Crippen molar-refractivity contribution in [1.82, 2.24) is 0 Å². The number of fused-ring (bicyclic) bond motifs is 2. The van der Waals surface area contributed by atoms with Gasteiger partial charge < -0.3 is 9.84 Å². The van der Waals surface area contributed by atoms with Crippen LogP contribution in [0.2, 0.25) is 0 Å². The number of aliphatic hydroxyl groups excluding tert-OH is 1. The van der Waals surface area contributed by atoms with Crippen molar-refractivity contribution < 1.29 is 9.84 Å². The Labute approximate surface area is 96.2 Å². The minimum absolute atomic E-state index is 0.182. The molecule has 1 aliphatic carbocycles. The van der Waals surface area contributed by atoms with Gasteiger partial charge in [-0.2, -0.15) is 0 Å². The molecule has 2 unspecified atom stereocenters. The van der Waals surface area contributed by atoms with Crippen LogP contribution in [0, 0.1) is 6.92 Å². The molecule has 0 bridgehead atoms. The van der Waals surface area contributed by atoms with Crippen molar-refractivity contribution in [3.05, 3.63) is 34.9 Å². The van der Waals surface area contributed by atoms with Crippen molar-refractivity contribution in [2.45, 2.75) is 44.3 Å². The largest absolute Gasteiger partial charge is 0.393 e. The van der Waals surface area contributed by atoms with E-state index in [4.69, 9.17) is 4.74 Å². The van der Waals surface area contributed by atoms with Crippen LogP contribution in [0.5, 0.6) is 0 Å². The highest BCUT2D eigenvalue weighted by Gasteiger charge is 2.43. The van der Waals surface area contributed by atoms with Gasteiger partial charge in [-0.3, -0.25) is 0 Å². The zero-order valence-electron chi connectivity index (χ0n) is 9.70. The second kappa shape index (κ2) is 3.57. The number of aryl methyl sites for hydroxylation is 2. The summed E-state index contributed by atoms with van der Waals surface area (Å²) < 4.78 is 6.02. The van der Waals surface area contributed by atoms with Crippen LogP contribution in [0.3, 0.4) is 0 Å². The lowest BCUT2D eigenvalue weighted by atomic mass is 9.86. The van der Waals surface area contributed by atoms with E-state index in [1.54, 1.807) is 0 Å². The Bertz CT molecular complexity index is 409. The number of hydrogen-bond donors (Lipinski definition) is 1. The van der Waals surface area contributed by atoms with Crippen molar-refractivity contribution in [1.29, 1.82) is 0 Å². The lowest BCUT2D eigenvalue weighted by molar-refractivity contribution is -0.122. The van der Waals surface area contributed by atoms with E-state index in [-0.39, 0.29) is 11.7 Å². The maximum Gasteiger partial charge on any atom is 0.0961 e. The molecule has 1 aromatic carbocycles. The fourth-order valence-electron chi connectivity index (χ4n) is 3.10. The van der Waals surface area contributed by atoms with E-state index in [0.29, 0.717) is 6.61 Å². The molecule has 1 fully saturated rings. The molecule has 86 valence electrons. The first kappa shape index (κ1) is 10.3. The van der Waals surface area contributed by atoms with Gasteiger partial charge in [0.25, 0.3) is 0 Å². The average Bonchev–Trinajstić information content (AvgIpc) is 2.58. The lowest BCUT2D eigenvalue weighted by Crippen LogP contribution is -2.37. The Morgan fingerprint density at radius 1 is 1.44 bits per heavy atom. The molecule has 2 nitrogen and oxygen atoms in total. The lowest BCUT2D eigenvalue weighted by Gasteiger charge is -2.37. The molecular weight excluding hydrogens is 200 g/mol. The van der Waals surface area contributed by atoms with Crippen molar-refractivity contribution >= 4 is 0 Å². The minimum Gasteiger partial charge on any atom is -0.393 e. The van der Waals surface area contributed by atoms with Crippen molar-refractivity contribution in [3.63, 3.8) is 0 Å². The van der Waals surface area contributed by atoms with Crippen molar-refractivity contribution in [2.24, 2.45) is 0 Å². The molecule has 1 N–H and O–H groups in total. The van der Waals surface area contributed by atoms with E-state index in [2.05, 4.69) is 25.1 Å². The Morgan fingerprint density at radius 2 is 2.31 bits per heavy atom. The topological polar surface area (TPSA) is 29.5 Å². The molecule has 16 heavy (non-hydrogen) atoms. The third-order valence-corrected chi connectivity index (χ3v) is 3.95. The van der Waals surface area contributed by atoms with Gasteiger partial charge in [0.1, 0.15) is 0 Å². The van der Waals surface area contributed by atoms with Gasteiger partial charge in [-0.05, 0) is 37.3 Å².